The van der Waals surface area contributed by atoms with Gasteiger partial charge < -0.3 is 10.6 Å². The lowest BCUT2D eigenvalue weighted by molar-refractivity contribution is 0.489. The summed E-state index contributed by atoms with van der Waals surface area (Å²) in [5.74, 6) is 1.68. The summed E-state index contributed by atoms with van der Waals surface area (Å²) >= 11 is 0. The third kappa shape index (κ3) is 10.1. The lowest BCUT2D eigenvalue weighted by Crippen LogP contribution is -2.42. The summed E-state index contributed by atoms with van der Waals surface area (Å²) in [6.07, 6.45) is 2.24. The van der Waals surface area contributed by atoms with Crippen molar-refractivity contribution >= 4 is 15.8 Å². The Morgan fingerprint density at radius 2 is 1.80 bits per heavy atom. The average Bonchev–Trinajstić information content (AvgIpc) is 2.36. The molecule has 0 radical (unpaired) electrons. The van der Waals surface area contributed by atoms with Crippen molar-refractivity contribution in [2.24, 2.45) is 10.9 Å². The largest absolute Gasteiger partial charge is 0.357 e. The predicted molar refractivity (Wildman–Crippen MR) is 87.0 cm³/mol. The first-order chi connectivity index (χ1) is 9.30. The number of guanidine groups is 1. The van der Waals surface area contributed by atoms with E-state index in [9.17, 15) is 8.42 Å². The van der Waals surface area contributed by atoms with E-state index in [1.807, 2.05) is 6.92 Å². The third-order valence-electron chi connectivity index (χ3n) is 3.02. The molecule has 2 N–H and O–H groups in total. The van der Waals surface area contributed by atoms with Crippen LogP contribution < -0.4 is 10.6 Å². The van der Waals surface area contributed by atoms with Gasteiger partial charge >= 0.3 is 0 Å². The highest BCUT2D eigenvalue weighted by atomic mass is 32.2. The SMILES string of the molecule is CCNC(=NCCS(=O)(=O)CC)NC(C)CCC(C)C. The molecule has 20 heavy (non-hydrogen) atoms. The highest BCUT2D eigenvalue weighted by Gasteiger charge is 2.08. The minimum Gasteiger partial charge on any atom is -0.357 e. The van der Waals surface area contributed by atoms with Crippen molar-refractivity contribution in [2.45, 2.75) is 53.5 Å². The molecule has 0 aliphatic carbocycles. The van der Waals surface area contributed by atoms with Gasteiger partial charge in [-0.25, -0.2) is 8.42 Å². The quantitative estimate of drug-likeness (QED) is 0.503. The van der Waals surface area contributed by atoms with Gasteiger partial charge in [0.15, 0.2) is 15.8 Å². The second kappa shape index (κ2) is 10.0. The Morgan fingerprint density at radius 3 is 2.30 bits per heavy atom. The molecule has 0 aromatic rings. The van der Waals surface area contributed by atoms with Crippen molar-refractivity contribution in [3.8, 4) is 0 Å². The van der Waals surface area contributed by atoms with Crippen molar-refractivity contribution in [3.63, 3.8) is 0 Å². The molecule has 0 amide bonds. The molecule has 0 aliphatic heterocycles. The van der Waals surface area contributed by atoms with Crippen molar-refractivity contribution in [1.82, 2.24) is 10.6 Å². The number of hydrogen-bond acceptors (Lipinski definition) is 3. The van der Waals surface area contributed by atoms with Crippen molar-refractivity contribution < 1.29 is 8.42 Å². The fraction of sp³-hybridized carbons (Fsp3) is 0.929. The number of nitrogens with zero attached hydrogens (tertiary/aromatic N) is 1. The molecular weight excluding hydrogens is 274 g/mol. The van der Waals surface area contributed by atoms with E-state index in [1.165, 1.54) is 0 Å². The van der Waals surface area contributed by atoms with E-state index in [0.29, 0.717) is 24.5 Å². The van der Waals surface area contributed by atoms with Crippen LogP contribution >= 0.6 is 0 Å². The van der Waals surface area contributed by atoms with E-state index in [4.69, 9.17) is 0 Å². The summed E-state index contributed by atoms with van der Waals surface area (Å²) < 4.78 is 22.9. The van der Waals surface area contributed by atoms with Gasteiger partial charge in [-0.2, -0.15) is 0 Å². The molecule has 0 rings (SSSR count). The lowest BCUT2D eigenvalue weighted by Gasteiger charge is -2.18. The Morgan fingerprint density at radius 1 is 1.15 bits per heavy atom. The highest BCUT2D eigenvalue weighted by Crippen LogP contribution is 2.06. The van der Waals surface area contributed by atoms with Gasteiger partial charge in [-0.15, -0.1) is 0 Å². The van der Waals surface area contributed by atoms with E-state index < -0.39 is 9.84 Å². The molecule has 1 unspecified atom stereocenters. The van der Waals surface area contributed by atoms with Crippen molar-refractivity contribution in [3.05, 3.63) is 0 Å². The van der Waals surface area contributed by atoms with Crippen LogP contribution in [-0.4, -0.2) is 45.0 Å². The van der Waals surface area contributed by atoms with E-state index >= 15 is 0 Å². The van der Waals surface area contributed by atoms with E-state index in [1.54, 1.807) is 6.92 Å². The van der Waals surface area contributed by atoms with Gasteiger partial charge in [0.1, 0.15) is 0 Å². The monoisotopic (exact) mass is 305 g/mol. The van der Waals surface area contributed by atoms with Gasteiger partial charge in [0.2, 0.25) is 0 Å². The molecule has 0 saturated carbocycles. The number of aliphatic imine (C=N–C) groups is 1. The van der Waals surface area contributed by atoms with Crippen LogP contribution in [0, 0.1) is 5.92 Å². The fourth-order valence-electron chi connectivity index (χ4n) is 1.65. The summed E-state index contributed by atoms with van der Waals surface area (Å²) in [6.45, 7) is 11.3. The zero-order valence-electron chi connectivity index (χ0n) is 13.6. The molecule has 0 bridgehead atoms. The molecule has 1 atom stereocenters. The van der Waals surface area contributed by atoms with Gasteiger partial charge in [0, 0.05) is 18.3 Å². The first kappa shape index (κ1) is 19.2. The van der Waals surface area contributed by atoms with Gasteiger partial charge in [-0.1, -0.05) is 20.8 Å². The third-order valence-corrected chi connectivity index (χ3v) is 4.70. The van der Waals surface area contributed by atoms with Gasteiger partial charge in [-0.05, 0) is 32.6 Å². The summed E-state index contributed by atoms with van der Waals surface area (Å²) in [4.78, 5) is 4.33. The lowest BCUT2D eigenvalue weighted by atomic mass is 10.0. The molecular formula is C14H31N3O2S. The van der Waals surface area contributed by atoms with Crippen LogP contribution in [0.4, 0.5) is 0 Å². The second-order valence-corrected chi connectivity index (χ2v) is 7.99. The summed E-state index contributed by atoms with van der Waals surface area (Å²) in [5, 5.41) is 6.47. The fourth-order valence-corrected chi connectivity index (χ4v) is 2.31. The predicted octanol–water partition coefficient (Wildman–Crippen LogP) is 1.80. The standard InChI is InChI=1S/C14H31N3O2S/c1-6-15-14(16-10-11-20(18,19)7-2)17-13(5)9-8-12(3)4/h12-13H,6-11H2,1-5H3,(H2,15,16,17). The highest BCUT2D eigenvalue weighted by molar-refractivity contribution is 7.91. The molecule has 0 aromatic carbocycles. The Labute approximate surface area is 124 Å². The summed E-state index contributed by atoms with van der Waals surface area (Å²) in [5.41, 5.74) is 0. The molecule has 0 aliphatic rings. The average molecular weight is 305 g/mol. The zero-order chi connectivity index (χ0) is 15.6. The number of nitrogens with one attached hydrogen (secondary N) is 2. The summed E-state index contributed by atoms with van der Waals surface area (Å²) in [6, 6.07) is 0.331. The second-order valence-electron chi connectivity index (χ2n) is 5.51. The van der Waals surface area contributed by atoms with Crippen LogP contribution in [0.5, 0.6) is 0 Å². The maximum Gasteiger partial charge on any atom is 0.191 e. The summed E-state index contributed by atoms with van der Waals surface area (Å²) in [7, 11) is -2.94. The minimum absolute atomic E-state index is 0.112. The van der Waals surface area contributed by atoms with Crippen molar-refractivity contribution in [2.75, 3.05) is 24.6 Å². The smallest absolute Gasteiger partial charge is 0.191 e. The maximum atomic E-state index is 11.4. The topological polar surface area (TPSA) is 70.6 Å². The van der Waals surface area contributed by atoms with Crippen LogP contribution in [0.2, 0.25) is 0 Å². The zero-order valence-corrected chi connectivity index (χ0v) is 14.4. The van der Waals surface area contributed by atoms with Gasteiger partial charge in [0.05, 0.1) is 12.3 Å². The van der Waals surface area contributed by atoms with Crippen LogP contribution in [0.15, 0.2) is 4.99 Å². The first-order valence-electron chi connectivity index (χ1n) is 7.56. The maximum absolute atomic E-state index is 11.4. The molecule has 0 heterocycles. The number of hydrogen-bond donors (Lipinski definition) is 2. The van der Waals surface area contributed by atoms with Crippen LogP contribution in [-0.2, 0) is 9.84 Å². The van der Waals surface area contributed by atoms with E-state index in [-0.39, 0.29) is 11.5 Å². The Hall–Kier alpha value is -0.780. The van der Waals surface area contributed by atoms with E-state index in [0.717, 1.165) is 19.4 Å². The normalized spacial score (nSPS) is 14.4. The van der Waals surface area contributed by atoms with Crippen LogP contribution in [0.25, 0.3) is 0 Å². The number of sulfone groups is 1. The Kier molecular flexibility index (Phi) is 9.63. The first-order valence-corrected chi connectivity index (χ1v) is 9.38. The van der Waals surface area contributed by atoms with Crippen LogP contribution in [0.1, 0.15) is 47.5 Å². The Balaban J connectivity index is 4.33. The molecule has 0 spiro atoms. The van der Waals surface area contributed by atoms with Crippen LogP contribution in [0.3, 0.4) is 0 Å². The minimum atomic E-state index is -2.94. The molecule has 6 heteroatoms. The Bertz CT molecular complexity index is 378. The van der Waals surface area contributed by atoms with E-state index in [2.05, 4.69) is 36.4 Å². The molecule has 0 aromatic heterocycles. The molecule has 5 nitrogen and oxygen atoms in total. The molecule has 120 valence electrons. The van der Waals surface area contributed by atoms with Crippen molar-refractivity contribution in [1.29, 1.82) is 0 Å². The van der Waals surface area contributed by atoms with Gasteiger partial charge in [0.25, 0.3) is 0 Å². The molecule has 0 fully saturated rings. The van der Waals surface area contributed by atoms with Gasteiger partial charge in [-0.3, -0.25) is 4.99 Å². The number of rotatable bonds is 9. The molecule has 0 saturated heterocycles.